The molecule has 0 saturated carbocycles. The van der Waals surface area contributed by atoms with Crippen molar-refractivity contribution in [1.29, 1.82) is 0 Å². The van der Waals surface area contributed by atoms with Crippen LogP contribution in [0.2, 0.25) is 0 Å². The maximum atomic E-state index is 12.2. The number of amides is 1. The van der Waals surface area contributed by atoms with E-state index in [1.165, 1.54) is 0 Å². The Bertz CT molecular complexity index is 265. The lowest BCUT2D eigenvalue weighted by atomic mass is 9.95. The fourth-order valence-electron chi connectivity index (χ4n) is 2.35. The molecule has 0 aromatic rings. The molecule has 1 amide bonds. The first-order valence-electron chi connectivity index (χ1n) is 5.91. The molecular formula is C11H20N2O2S. The third kappa shape index (κ3) is 2.90. The molecule has 2 atom stereocenters. The first-order chi connectivity index (χ1) is 7.58. The van der Waals surface area contributed by atoms with Crippen LogP contribution in [0.4, 0.5) is 0 Å². The first-order valence-corrected chi connectivity index (χ1v) is 7.06. The SMILES string of the molecule is CC1(O)CCCN(C(=O)C2CSCCN2)C1. The lowest BCUT2D eigenvalue weighted by molar-refractivity contribution is -0.139. The van der Waals surface area contributed by atoms with Gasteiger partial charge in [-0.1, -0.05) is 0 Å². The van der Waals surface area contributed by atoms with Crippen molar-refractivity contribution in [2.45, 2.75) is 31.4 Å². The molecule has 2 fully saturated rings. The summed E-state index contributed by atoms with van der Waals surface area (Å²) in [6.45, 7) is 3.99. The second kappa shape index (κ2) is 4.94. The molecule has 2 aliphatic heterocycles. The minimum absolute atomic E-state index is 0.0485. The number of nitrogens with one attached hydrogen (secondary N) is 1. The minimum atomic E-state index is -0.699. The predicted octanol–water partition coefficient (Wildman–Crippen LogP) is 0.0648. The van der Waals surface area contributed by atoms with Crippen LogP contribution in [0, 0.1) is 0 Å². The number of rotatable bonds is 1. The molecule has 2 unspecified atom stereocenters. The molecule has 4 nitrogen and oxygen atoms in total. The third-order valence-corrected chi connectivity index (χ3v) is 4.27. The molecule has 2 N–H and O–H groups in total. The van der Waals surface area contributed by atoms with Crippen molar-refractivity contribution >= 4 is 17.7 Å². The highest BCUT2D eigenvalue weighted by Crippen LogP contribution is 2.21. The van der Waals surface area contributed by atoms with E-state index in [4.69, 9.17) is 0 Å². The molecule has 0 aliphatic carbocycles. The van der Waals surface area contributed by atoms with Gasteiger partial charge in [0.2, 0.25) is 5.91 Å². The van der Waals surface area contributed by atoms with Gasteiger partial charge in [0.1, 0.15) is 0 Å². The van der Waals surface area contributed by atoms with E-state index >= 15 is 0 Å². The Kier molecular flexibility index (Phi) is 3.77. The smallest absolute Gasteiger partial charge is 0.240 e. The summed E-state index contributed by atoms with van der Waals surface area (Å²) in [5, 5.41) is 13.2. The molecule has 2 rings (SSSR count). The molecule has 0 spiro atoms. The number of nitrogens with zero attached hydrogens (tertiary/aromatic N) is 1. The molecule has 0 radical (unpaired) electrons. The number of carbonyl (C=O) groups excluding carboxylic acids is 1. The number of piperidine rings is 1. The molecule has 92 valence electrons. The van der Waals surface area contributed by atoms with Crippen LogP contribution < -0.4 is 5.32 Å². The average Bonchev–Trinajstić information content (AvgIpc) is 2.28. The number of likely N-dealkylation sites (tertiary alicyclic amines) is 1. The topological polar surface area (TPSA) is 52.6 Å². The molecule has 16 heavy (non-hydrogen) atoms. The second-order valence-electron chi connectivity index (χ2n) is 4.94. The summed E-state index contributed by atoms with van der Waals surface area (Å²) in [7, 11) is 0. The number of carbonyl (C=O) groups is 1. The van der Waals surface area contributed by atoms with E-state index in [2.05, 4.69) is 5.32 Å². The monoisotopic (exact) mass is 244 g/mol. The Morgan fingerprint density at radius 2 is 2.44 bits per heavy atom. The molecule has 0 aromatic carbocycles. The van der Waals surface area contributed by atoms with Crippen molar-refractivity contribution in [3.8, 4) is 0 Å². The van der Waals surface area contributed by atoms with Gasteiger partial charge in [0.15, 0.2) is 0 Å². The van der Waals surface area contributed by atoms with Crippen LogP contribution in [-0.2, 0) is 4.79 Å². The van der Waals surface area contributed by atoms with Crippen LogP contribution in [0.1, 0.15) is 19.8 Å². The first kappa shape index (κ1) is 12.2. The van der Waals surface area contributed by atoms with Crippen LogP contribution in [0.15, 0.2) is 0 Å². The summed E-state index contributed by atoms with van der Waals surface area (Å²) in [5.41, 5.74) is -0.699. The number of β-amino-alcohol motifs (C(OH)–C–C–N with tert-alkyl or cyclic N) is 1. The summed E-state index contributed by atoms with van der Waals surface area (Å²) in [6, 6.07) is -0.0485. The normalized spacial score (nSPS) is 36.1. The maximum Gasteiger partial charge on any atom is 0.240 e. The number of aliphatic hydroxyl groups is 1. The van der Waals surface area contributed by atoms with Gasteiger partial charge in [-0.3, -0.25) is 4.79 Å². The van der Waals surface area contributed by atoms with Gasteiger partial charge in [-0.15, -0.1) is 0 Å². The van der Waals surface area contributed by atoms with E-state index in [0.717, 1.165) is 37.4 Å². The zero-order chi connectivity index (χ0) is 11.6. The summed E-state index contributed by atoms with van der Waals surface area (Å²) in [4.78, 5) is 14.0. The molecule has 5 heteroatoms. The standard InChI is InChI=1S/C11H20N2O2S/c1-11(15)3-2-5-13(8-11)10(14)9-7-16-6-4-12-9/h9,12,15H,2-8H2,1H3. The summed E-state index contributed by atoms with van der Waals surface area (Å²) < 4.78 is 0. The minimum Gasteiger partial charge on any atom is -0.388 e. The van der Waals surface area contributed by atoms with Crippen LogP contribution in [0.3, 0.4) is 0 Å². The van der Waals surface area contributed by atoms with Crippen molar-refractivity contribution in [2.75, 3.05) is 31.1 Å². The number of thioether (sulfide) groups is 1. The average molecular weight is 244 g/mol. The van der Waals surface area contributed by atoms with E-state index in [-0.39, 0.29) is 11.9 Å². The van der Waals surface area contributed by atoms with Gasteiger partial charge in [-0.05, 0) is 19.8 Å². The van der Waals surface area contributed by atoms with Gasteiger partial charge in [-0.2, -0.15) is 11.8 Å². The summed E-state index contributed by atoms with van der Waals surface area (Å²) >= 11 is 1.82. The van der Waals surface area contributed by atoms with E-state index in [1.54, 1.807) is 0 Å². The lowest BCUT2D eigenvalue weighted by Crippen LogP contribution is -2.56. The lowest BCUT2D eigenvalue weighted by Gasteiger charge is -2.39. The Morgan fingerprint density at radius 1 is 1.62 bits per heavy atom. The van der Waals surface area contributed by atoms with Crippen molar-refractivity contribution < 1.29 is 9.90 Å². The van der Waals surface area contributed by atoms with Crippen LogP contribution in [0.25, 0.3) is 0 Å². The molecule has 2 saturated heterocycles. The van der Waals surface area contributed by atoms with Gasteiger partial charge in [0.25, 0.3) is 0 Å². The largest absolute Gasteiger partial charge is 0.388 e. The maximum absolute atomic E-state index is 12.2. The number of hydrogen-bond acceptors (Lipinski definition) is 4. The molecule has 2 aliphatic rings. The fraction of sp³-hybridized carbons (Fsp3) is 0.909. The van der Waals surface area contributed by atoms with Crippen molar-refractivity contribution in [1.82, 2.24) is 10.2 Å². The Balaban J connectivity index is 1.93. The summed E-state index contributed by atoms with van der Waals surface area (Å²) in [6.07, 6.45) is 1.70. The van der Waals surface area contributed by atoms with Gasteiger partial charge in [-0.25, -0.2) is 0 Å². The van der Waals surface area contributed by atoms with Crippen molar-refractivity contribution in [2.24, 2.45) is 0 Å². The fourth-order valence-corrected chi connectivity index (χ4v) is 3.28. The van der Waals surface area contributed by atoms with E-state index in [9.17, 15) is 9.90 Å². The van der Waals surface area contributed by atoms with Crippen LogP contribution in [0.5, 0.6) is 0 Å². The van der Waals surface area contributed by atoms with Gasteiger partial charge in [0, 0.05) is 31.1 Å². The summed E-state index contributed by atoms with van der Waals surface area (Å²) in [5.74, 6) is 2.10. The highest BCUT2D eigenvalue weighted by Gasteiger charge is 2.34. The highest BCUT2D eigenvalue weighted by molar-refractivity contribution is 7.99. The van der Waals surface area contributed by atoms with Crippen LogP contribution in [-0.4, -0.2) is 58.7 Å². The van der Waals surface area contributed by atoms with Crippen LogP contribution >= 0.6 is 11.8 Å². The molecule has 0 bridgehead atoms. The predicted molar refractivity (Wildman–Crippen MR) is 65.6 cm³/mol. The highest BCUT2D eigenvalue weighted by atomic mass is 32.2. The van der Waals surface area contributed by atoms with Gasteiger partial charge in [0.05, 0.1) is 11.6 Å². The quantitative estimate of drug-likeness (QED) is 0.685. The second-order valence-corrected chi connectivity index (χ2v) is 6.09. The zero-order valence-corrected chi connectivity index (χ0v) is 10.6. The van der Waals surface area contributed by atoms with Gasteiger partial charge < -0.3 is 15.3 Å². The number of hydrogen-bond donors (Lipinski definition) is 2. The van der Waals surface area contributed by atoms with E-state index in [0.29, 0.717) is 6.54 Å². The zero-order valence-electron chi connectivity index (χ0n) is 9.74. The third-order valence-electron chi connectivity index (χ3n) is 3.21. The molecule has 2 heterocycles. The Labute approximate surface area is 101 Å². The van der Waals surface area contributed by atoms with E-state index in [1.807, 2.05) is 23.6 Å². The van der Waals surface area contributed by atoms with Gasteiger partial charge >= 0.3 is 0 Å². The van der Waals surface area contributed by atoms with E-state index < -0.39 is 5.60 Å². The Hall–Kier alpha value is -0.260. The molecule has 0 aromatic heterocycles. The molecular weight excluding hydrogens is 224 g/mol. The van der Waals surface area contributed by atoms with Crippen molar-refractivity contribution in [3.63, 3.8) is 0 Å². The Morgan fingerprint density at radius 3 is 3.06 bits per heavy atom. The van der Waals surface area contributed by atoms with Crippen molar-refractivity contribution in [3.05, 3.63) is 0 Å².